The molecule has 2 nitrogen and oxygen atoms in total. The summed E-state index contributed by atoms with van der Waals surface area (Å²) in [6.07, 6.45) is 0.952. The third-order valence-electron chi connectivity index (χ3n) is 2.32. The van der Waals surface area contributed by atoms with E-state index in [2.05, 4.69) is 35.5 Å². The Balaban J connectivity index is 2.33. The maximum absolute atomic E-state index is 5.55. The van der Waals surface area contributed by atoms with Gasteiger partial charge in [-0.15, -0.1) is 11.3 Å². The highest BCUT2D eigenvalue weighted by Gasteiger charge is 2.05. The molecule has 0 aliphatic carbocycles. The van der Waals surface area contributed by atoms with E-state index < -0.39 is 0 Å². The van der Waals surface area contributed by atoms with E-state index in [0.29, 0.717) is 6.54 Å². The van der Waals surface area contributed by atoms with E-state index >= 15 is 0 Å². The molecule has 0 aliphatic heterocycles. The minimum atomic E-state index is 0.711. The summed E-state index contributed by atoms with van der Waals surface area (Å²) in [6.45, 7) is 2.81. The molecule has 0 radical (unpaired) electrons. The fourth-order valence-corrected chi connectivity index (χ4v) is 2.28. The van der Waals surface area contributed by atoms with Gasteiger partial charge in [-0.3, -0.25) is 0 Å². The summed E-state index contributed by atoms with van der Waals surface area (Å²) in [7, 11) is 0. The van der Waals surface area contributed by atoms with Crippen molar-refractivity contribution in [2.24, 2.45) is 5.73 Å². The van der Waals surface area contributed by atoms with E-state index in [-0.39, 0.29) is 0 Å². The van der Waals surface area contributed by atoms with Gasteiger partial charge < -0.3 is 10.7 Å². The maximum Gasteiger partial charge on any atom is 0.0560 e. The third kappa shape index (κ3) is 1.74. The normalized spacial score (nSPS) is 10.7. The van der Waals surface area contributed by atoms with Crippen molar-refractivity contribution in [3.8, 4) is 10.6 Å². The first-order chi connectivity index (χ1) is 6.81. The molecule has 0 unspecified atom stereocenters. The van der Waals surface area contributed by atoms with Crippen LogP contribution >= 0.6 is 11.3 Å². The number of hydrogen-bond donors (Lipinski definition) is 2. The van der Waals surface area contributed by atoms with Crippen LogP contribution in [0.25, 0.3) is 10.6 Å². The van der Waals surface area contributed by atoms with Crippen molar-refractivity contribution >= 4 is 11.3 Å². The molecule has 2 heterocycles. The Morgan fingerprint density at radius 2 is 2.36 bits per heavy atom. The zero-order valence-corrected chi connectivity index (χ0v) is 9.03. The number of rotatable bonds is 3. The Morgan fingerprint density at radius 3 is 3.00 bits per heavy atom. The molecule has 0 saturated carbocycles. The van der Waals surface area contributed by atoms with E-state index in [1.54, 1.807) is 11.3 Å². The van der Waals surface area contributed by atoms with Crippen molar-refractivity contribution in [3.63, 3.8) is 0 Å². The summed E-state index contributed by atoms with van der Waals surface area (Å²) >= 11 is 1.75. The van der Waals surface area contributed by atoms with Crippen LogP contribution in [0.2, 0.25) is 0 Å². The Hall–Kier alpha value is -1.06. The Labute approximate surface area is 87.8 Å². The SMILES string of the molecule is Cc1[nH]c(-c2cccs2)cc1CCN. The van der Waals surface area contributed by atoms with Gasteiger partial charge in [-0.25, -0.2) is 0 Å². The predicted octanol–water partition coefficient (Wildman–Crippen LogP) is 2.55. The molecule has 0 bridgehead atoms. The van der Waals surface area contributed by atoms with E-state index in [0.717, 1.165) is 6.42 Å². The molecule has 0 aliphatic rings. The van der Waals surface area contributed by atoms with Gasteiger partial charge in [0.2, 0.25) is 0 Å². The molecular formula is C11H14N2S. The lowest BCUT2D eigenvalue weighted by molar-refractivity contribution is 0.957. The molecular weight excluding hydrogens is 192 g/mol. The molecule has 2 rings (SSSR count). The van der Waals surface area contributed by atoms with Gasteiger partial charge in [0, 0.05) is 5.69 Å². The summed E-state index contributed by atoms with van der Waals surface area (Å²) in [4.78, 5) is 4.68. The molecule has 3 heteroatoms. The van der Waals surface area contributed by atoms with Crippen molar-refractivity contribution in [2.45, 2.75) is 13.3 Å². The summed E-state index contributed by atoms with van der Waals surface area (Å²) in [5, 5.41) is 2.09. The quantitative estimate of drug-likeness (QED) is 0.796. The van der Waals surface area contributed by atoms with Crippen LogP contribution in [0.5, 0.6) is 0 Å². The molecule has 0 atom stereocenters. The summed E-state index contributed by atoms with van der Waals surface area (Å²) < 4.78 is 0. The third-order valence-corrected chi connectivity index (χ3v) is 3.23. The zero-order valence-electron chi connectivity index (χ0n) is 8.21. The number of H-pyrrole nitrogens is 1. The average Bonchev–Trinajstić information content (AvgIpc) is 2.76. The number of aryl methyl sites for hydroxylation is 1. The Kier molecular flexibility index (Phi) is 2.70. The van der Waals surface area contributed by atoms with Crippen LogP contribution in [0, 0.1) is 6.92 Å². The maximum atomic E-state index is 5.55. The van der Waals surface area contributed by atoms with Crippen LogP contribution in [-0.2, 0) is 6.42 Å². The summed E-state index contributed by atoms with van der Waals surface area (Å²) in [5.41, 5.74) is 9.32. The zero-order chi connectivity index (χ0) is 9.97. The van der Waals surface area contributed by atoms with E-state index in [1.165, 1.54) is 21.8 Å². The topological polar surface area (TPSA) is 41.8 Å². The standard InChI is InChI=1S/C11H14N2S/c1-8-9(4-5-12)7-10(13-8)11-3-2-6-14-11/h2-3,6-7,13H,4-5,12H2,1H3. The molecule has 3 N–H and O–H groups in total. The van der Waals surface area contributed by atoms with Gasteiger partial charge in [-0.1, -0.05) is 6.07 Å². The molecule has 0 fully saturated rings. The van der Waals surface area contributed by atoms with Gasteiger partial charge >= 0.3 is 0 Å². The van der Waals surface area contributed by atoms with Crippen LogP contribution < -0.4 is 5.73 Å². The Bertz CT molecular complexity index is 401. The molecule has 14 heavy (non-hydrogen) atoms. The highest BCUT2D eigenvalue weighted by molar-refractivity contribution is 7.13. The minimum Gasteiger partial charge on any atom is -0.358 e. The molecule has 0 saturated heterocycles. The lowest BCUT2D eigenvalue weighted by Crippen LogP contribution is -2.02. The van der Waals surface area contributed by atoms with E-state index in [4.69, 9.17) is 5.73 Å². The molecule has 2 aromatic rings. The number of aromatic nitrogens is 1. The molecule has 0 amide bonds. The van der Waals surface area contributed by atoms with Gasteiger partial charge in [0.1, 0.15) is 0 Å². The number of nitrogens with one attached hydrogen (secondary N) is 1. The second kappa shape index (κ2) is 3.98. The van der Waals surface area contributed by atoms with Crippen LogP contribution in [0.3, 0.4) is 0 Å². The summed E-state index contributed by atoms with van der Waals surface area (Å²) in [6, 6.07) is 6.40. The lowest BCUT2D eigenvalue weighted by Gasteiger charge is -1.93. The van der Waals surface area contributed by atoms with Crippen LogP contribution in [0.15, 0.2) is 23.6 Å². The van der Waals surface area contributed by atoms with Crippen molar-refractivity contribution in [3.05, 3.63) is 34.8 Å². The molecule has 0 aromatic carbocycles. The highest BCUT2D eigenvalue weighted by Crippen LogP contribution is 2.25. The lowest BCUT2D eigenvalue weighted by atomic mass is 10.2. The van der Waals surface area contributed by atoms with Crippen molar-refractivity contribution in [2.75, 3.05) is 6.54 Å². The monoisotopic (exact) mass is 206 g/mol. The van der Waals surface area contributed by atoms with Crippen molar-refractivity contribution in [1.82, 2.24) is 4.98 Å². The van der Waals surface area contributed by atoms with Gasteiger partial charge in [0.15, 0.2) is 0 Å². The van der Waals surface area contributed by atoms with Gasteiger partial charge in [-0.2, -0.15) is 0 Å². The van der Waals surface area contributed by atoms with Crippen molar-refractivity contribution in [1.29, 1.82) is 0 Å². The fraction of sp³-hybridized carbons (Fsp3) is 0.273. The van der Waals surface area contributed by atoms with E-state index in [9.17, 15) is 0 Å². The number of hydrogen-bond acceptors (Lipinski definition) is 2. The van der Waals surface area contributed by atoms with E-state index in [1.807, 2.05) is 0 Å². The largest absolute Gasteiger partial charge is 0.358 e. The predicted molar refractivity (Wildman–Crippen MR) is 61.6 cm³/mol. The minimum absolute atomic E-state index is 0.711. The average molecular weight is 206 g/mol. The molecule has 2 aromatic heterocycles. The van der Waals surface area contributed by atoms with Gasteiger partial charge in [-0.05, 0) is 43.0 Å². The smallest absolute Gasteiger partial charge is 0.0560 e. The van der Waals surface area contributed by atoms with Crippen molar-refractivity contribution < 1.29 is 0 Å². The first kappa shape index (κ1) is 9.49. The molecule has 0 spiro atoms. The Morgan fingerprint density at radius 1 is 1.50 bits per heavy atom. The first-order valence-electron chi connectivity index (χ1n) is 4.73. The fourth-order valence-electron chi connectivity index (χ4n) is 1.58. The van der Waals surface area contributed by atoms with Crippen LogP contribution in [-0.4, -0.2) is 11.5 Å². The molecule has 74 valence electrons. The van der Waals surface area contributed by atoms with Crippen LogP contribution in [0.4, 0.5) is 0 Å². The highest BCUT2D eigenvalue weighted by atomic mass is 32.1. The number of aromatic amines is 1. The first-order valence-corrected chi connectivity index (χ1v) is 5.61. The van der Waals surface area contributed by atoms with Gasteiger partial charge in [0.05, 0.1) is 10.6 Å². The second-order valence-corrected chi connectivity index (χ2v) is 4.30. The number of thiophene rings is 1. The summed E-state index contributed by atoms with van der Waals surface area (Å²) in [5.74, 6) is 0. The number of nitrogens with two attached hydrogens (primary N) is 1. The van der Waals surface area contributed by atoms with Crippen LogP contribution in [0.1, 0.15) is 11.3 Å². The van der Waals surface area contributed by atoms with Gasteiger partial charge in [0.25, 0.3) is 0 Å². The second-order valence-electron chi connectivity index (χ2n) is 3.35.